The van der Waals surface area contributed by atoms with Crippen molar-refractivity contribution in [1.29, 1.82) is 0 Å². The van der Waals surface area contributed by atoms with Crippen molar-refractivity contribution in [3.05, 3.63) is 36.5 Å². The summed E-state index contributed by atoms with van der Waals surface area (Å²) in [6, 6.07) is -1.36. The molecule has 0 aliphatic carbocycles. The maximum atomic E-state index is 11.7. The Morgan fingerprint density at radius 3 is 2.21 bits per heavy atom. The first-order valence-electron chi connectivity index (χ1n) is 10.2. The maximum Gasteiger partial charge on any atom is 0.488 e. The highest BCUT2D eigenvalue weighted by atomic mass is 31.1. The number of aliphatic carboxylic acids is 1. The third-order valence-corrected chi connectivity index (χ3v) is 4.39. The molecule has 164 valence electrons. The van der Waals surface area contributed by atoms with Gasteiger partial charge in [-0.25, -0.2) is 4.79 Å². The summed E-state index contributed by atoms with van der Waals surface area (Å²) in [5, 5.41) is 11.2. The third kappa shape index (κ3) is 19.3. The molecule has 8 heteroatoms. The van der Waals surface area contributed by atoms with E-state index in [1.807, 2.05) is 0 Å². The monoisotopic (exact) mass is 427 g/mol. The standard InChI is InChI=1S/C21H34NO6P/c1-2-3-4-5-6-7-8-9-10-11-12-13-14-15-16-17-20(23)22-19(21(24)25)18-28-29(26)27/h3-4,6-7,9-10,19H,2,5,8,11-18H2,1H3,(H,22,23)(H,24,25)/b4-3+,7-6+,10-9+/t19-/m0/s1. The van der Waals surface area contributed by atoms with Crippen molar-refractivity contribution in [1.82, 2.24) is 5.32 Å². The lowest BCUT2D eigenvalue weighted by Gasteiger charge is -2.11. The van der Waals surface area contributed by atoms with Crippen LogP contribution in [0.4, 0.5) is 0 Å². The quantitative estimate of drug-likeness (QED) is 0.193. The number of carbonyl (C=O) groups is 2. The summed E-state index contributed by atoms with van der Waals surface area (Å²) < 4.78 is 14.6. The Hall–Kier alpha value is -1.82. The molecular weight excluding hydrogens is 393 g/mol. The second-order valence-electron chi connectivity index (χ2n) is 6.58. The Labute approximate surface area is 174 Å². The molecule has 0 aromatic carbocycles. The highest BCUT2D eigenvalue weighted by molar-refractivity contribution is 7.30. The summed E-state index contributed by atoms with van der Waals surface area (Å²) in [5.74, 6) is -1.74. The van der Waals surface area contributed by atoms with E-state index in [4.69, 9.17) is 5.11 Å². The molecule has 1 unspecified atom stereocenters. The molecule has 0 aliphatic rings. The molecular formula is C21H34NO6P. The maximum absolute atomic E-state index is 11.7. The molecule has 0 rings (SSSR count). The molecule has 0 aromatic rings. The van der Waals surface area contributed by atoms with E-state index in [-0.39, 0.29) is 6.42 Å². The van der Waals surface area contributed by atoms with Crippen molar-refractivity contribution < 1.29 is 28.7 Å². The molecule has 0 aliphatic heterocycles. The smallest absolute Gasteiger partial charge is 0.488 e. The zero-order chi connectivity index (χ0) is 21.7. The van der Waals surface area contributed by atoms with Crippen LogP contribution in [0.25, 0.3) is 0 Å². The first-order chi connectivity index (χ1) is 14.0. The van der Waals surface area contributed by atoms with E-state index in [0.717, 1.165) is 51.4 Å². The lowest BCUT2D eigenvalue weighted by molar-refractivity contribution is -0.186. The average Bonchev–Trinajstić information content (AvgIpc) is 2.67. The summed E-state index contributed by atoms with van der Waals surface area (Å²) in [5.41, 5.74) is 0. The largest absolute Gasteiger partial charge is 0.566 e. The van der Waals surface area contributed by atoms with Gasteiger partial charge in [-0.3, -0.25) is 4.79 Å². The lowest BCUT2D eigenvalue weighted by Crippen LogP contribution is -2.43. The van der Waals surface area contributed by atoms with Gasteiger partial charge in [0.05, 0.1) is 0 Å². The van der Waals surface area contributed by atoms with Crippen LogP contribution in [0.5, 0.6) is 0 Å². The van der Waals surface area contributed by atoms with Crippen molar-refractivity contribution in [2.75, 3.05) is 6.61 Å². The number of carboxylic acid groups (broad SMARTS) is 1. The van der Waals surface area contributed by atoms with Crippen LogP contribution < -0.4 is 10.2 Å². The van der Waals surface area contributed by atoms with Crippen LogP contribution in [0.15, 0.2) is 36.5 Å². The van der Waals surface area contributed by atoms with Crippen molar-refractivity contribution >= 4 is 20.1 Å². The van der Waals surface area contributed by atoms with Crippen molar-refractivity contribution in [3.63, 3.8) is 0 Å². The van der Waals surface area contributed by atoms with Gasteiger partial charge >= 0.3 is 14.2 Å². The highest BCUT2D eigenvalue weighted by Crippen LogP contribution is 2.10. The molecule has 0 aromatic heterocycles. The molecule has 0 heterocycles. The molecule has 2 atom stereocenters. The summed E-state index contributed by atoms with van der Waals surface area (Å²) in [7, 11) is -3.14. The molecule has 0 radical (unpaired) electrons. The van der Waals surface area contributed by atoms with E-state index < -0.39 is 32.8 Å². The van der Waals surface area contributed by atoms with Crippen molar-refractivity contribution in [2.45, 2.75) is 77.2 Å². The molecule has 0 fully saturated rings. The highest BCUT2D eigenvalue weighted by Gasteiger charge is 2.22. The Bertz CT molecular complexity index is 559. The van der Waals surface area contributed by atoms with Gasteiger partial charge < -0.3 is 15.3 Å². The molecule has 0 spiro atoms. The Kier molecular flexibility index (Phi) is 18.3. The summed E-state index contributed by atoms with van der Waals surface area (Å²) in [4.78, 5) is 33.0. The number of amides is 1. The van der Waals surface area contributed by atoms with Gasteiger partial charge in [-0.2, -0.15) is 0 Å². The first-order valence-corrected chi connectivity index (χ1v) is 11.3. The molecule has 7 nitrogen and oxygen atoms in total. The van der Waals surface area contributed by atoms with E-state index in [0.29, 0.717) is 6.42 Å². The van der Waals surface area contributed by atoms with Gasteiger partial charge in [0.1, 0.15) is 6.61 Å². The fourth-order valence-electron chi connectivity index (χ4n) is 2.48. The lowest BCUT2D eigenvalue weighted by atomic mass is 10.1. The Morgan fingerprint density at radius 1 is 1.00 bits per heavy atom. The molecule has 0 saturated carbocycles. The van der Waals surface area contributed by atoms with Gasteiger partial charge in [-0.1, -0.05) is 62.6 Å². The minimum atomic E-state index is -3.14. The number of hydrogen-bond donors (Lipinski definition) is 2. The van der Waals surface area contributed by atoms with Gasteiger partial charge in [0.25, 0.3) is 0 Å². The summed E-state index contributed by atoms with van der Waals surface area (Å²) in [6.45, 7) is 1.53. The van der Waals surface area contributed by atoms with Gasteiger partial charge in [-0.15, -0.1) is 4.52 Å². The van der Waals surface area contributed by atoms with Crippen molar-refractivity contribution in [3.8, 4) is 0 Å². The van der Waals surface area contributed by atoms with Gasteiger partial charge in [0.15, 0.2) is 6.04 Å². The van der Waals surface area contributed by atoms with Crippen LogP contribution in [-0.4, -0.2) is 29.6 Å². The second-order valence-corrected chi connectivity index (χ2v) is 7.28. The van der Waals surface area contributed by atoms with Crippen LogP contribution in [-0.2, 0) is 18.7 Å². The molecule has 0 saturated heterocycles. The summed E-state index contributed by atoms with van der Waals surface area (Å²) in [6.07, 6.45) is 22.1. The number of carboxylic acids is 1. The number of rotatable bonds is 18. The van der Waals surface area contributed by atoms with Gasteiger partial charge in [0.2, 0.25) is 5.91 Å². The number of allylic oxidation sites excluding steroid dienone is 6. The predicted octanol–water partition coefficient (Wildman–Crippen LogP) is 4.18. The van der Waals surface area contributed by atoms with Crippen LogP contribution >= 0.6 is 8.25 Å². The van der Waals surface area contributed by atoms with Gasteiger partial charge in [-0.05, 0) is 43.1 Å². The molecule has 1 amide bonds. The summed E-state index contributed by atoms with van der Waals surface area (Å²) >= 11 is 0. The number of unbranched alkanes of at least 4 members (excludes halogenated alkanes) is 5. The topological polar surface area (TPSA) is 116 Å². The van der Waals surface area contributed by atoms with E-state index in [2.05, 4.69) is 53.2 Å². The zero-order valence-electron chi connectivity index (χ0n) is 17.3. The first kappa shape index (κ1) is 27.2. The van der Waals surface area contributed by atoms with Crippen LogP contribution in [0.2, 0.25) is 0 Å². The second kappa shape index (κ2) is 19.5. The minimum absolute atomic E-state index is 0.215. The van der Waals surface area contributed by atoms with E-state index >= 15 is 0 Å². The molecule has 2 N–H and O–H groups in total. The Balaban J connectivity index is 3.65. The zero-order valence-corrected chi connectivity index (χ0v) is 18.1. The molecule has 29 heavy (non-hydrogen) atoms. The minimum Gasteiger partial charge on any atom is -0.566 e. The fourth-order valence-corrected chi connectivity index (χ4v) is 2.75. The fraction of sp³-hybridized carbons (Fsp3) is 0.619. The Morgan fingerprint density at radius 2 is 1.59 bits per heavy atom. The van der Waals surface area contributed by atoms with Gasteiger partial charge in [0, 0.05) is 6.42 Å². The molecule has 0 bridgehead atoms. The van der Waals surface area contributed by atoms with Crippen LogP contribution in [0.3, 0.4) is 0 Å². The van der Waals surface area contributed by atoms with E-state index in [9.17, 15) is 19.0 Å². The van der Waals surface area contributed by atoms with Crippen LogP contribution in [0.1, 0.15) is 71.1 Å². The number of nitrogens with one attached hydrogen (secondary N) is 1. The number of carbonyl (C=O) groups excluding carboxylic acids is 1. The third-order valence-electron chi connectivity index (χ3n) is 4.03. The predicted molar refractivity (Wildman–Crippen MR) is 112 cm³/mol. The van der Waals surface area contributed by atoms with Crippen molar-refractivity contribution in [2.24, 2.45) is 0 Å². The van der Waals surface area contributed by atoms with E-state index in [1.165, 1.54) is 0 Å². The normalized spacial score (nSPS) is 13.4. The van der Waals surface area contributed by atoms with E-state index in [1.54, 1.807) is 0 Å². The van der Waals surface area contributed by atoms with Crippen LogP contribution in [0, 0.1) is 0 Å². The SMILES string of the molecule is CC/C=C/C/C=C/C/C=C/CCCCCCCC(=O)N[C@@H](CO[P+](=O)[O-])C(=O)O. The number of hydrogen-bond acceptors (Lipinski definition) is 5. The average molecular weight is 427 g/mol.